The maximum atomic E-state index is 10.8. The van der Waals surface area contributed by atoms with Crippen LogP contribution in [-0.2, 0) is 4.79 Å². The molecule has 3 unspecified atom stereocenters. The number of piperidine rings is 1. The number of aliphatic hydroxyl groups is 1. The fourth-order valence-electron chi connectivity index (χ4n) is 2.89. The van der Waals surface area contributed by atoms with Crippen LogP contribution in [0.5, 0.6) is 0 Å². The molecular weight excluding hydrogens is 220 g/mol. The Morgan fingerprint density at radius 2 is 2.18 bits per heavy atom. The van der Waals surface area contributed by atoms with Gasteiger partial charge in [0.1, 0.15) is 0 Å². The van der Waals surface area contributed by atoms with E-state index in [1.807, 2.05) is 0 Å². The Morgan fingerprint density at radius 3 is 2.88 bits per heavy atom. The summed E-state index contributed by atoms with van der Waals surface area (Å²) in [6.07, 6.45) is 4.78. The molecule has 2 aliphatic heterocycles. The fourth-order valence-corrected chi connectivity index (χ4v) is 2.89. The standard InChI is InChI=1S/C12H22N2O3/c1-12(17,11(15)16)8-13-9-5-7-14-6-3-2-4-10(9)14/h9-10,13,17H,2-8H2,1H3,(H,15,16). The summed E-state index contributed by atoms with van der Waals surface area (Å²) in [6, 6.07) is 0.870. The van der Waals surface area contributed by atoms with Crippen LogP contribution in [0, 0.1) is 0 Å². The van der Waals surface area contributed by atoms with Gasteiger partial charge >= 0.3 is 5.97 Å². The summed E-state index contributed by atoms with van der Waals surface area (Å²) >= 11 is 0. The first kappa shape index (κ1) is 12.8. The number of hydrogen-bond donors (Lipinski definition) is 3. The predicted molar refractivity (Wildman–Crippen MR) is 63.9 cm³/mol. The first-order valence-corrected chi connectivity index (χ1v) is 6.44. The molecule has 0 saturated carbocycles. The van der Waals surface area contributed by atoms with E-state index in [-0.39, 0.29) is 6.54 Å². The molecule has 3 N–H and O–H groups in total. The van der Waals surface area contributed by atoms with E-state index in [1.54, 1.807) is 0 Å². The maximum Gasteiger partial charge on any atom is 0.336 e. The van der Waals surface area contributed by atoms with Gasteiger partial charge in [-0.2, -0.15) is 0 Å². The summed E-state index contributed by atoms with van der Waals surface area (Å²) in [5.74, 6) is -1.16. The fraction of sp³-hybridized carbons (Fsp3) is 0.917. The van der Waals surface area contributed by atoms with Crippen molar-refractivity contribution in [2.45, 2.75) is 50.3 Å². The van der Waals surface area contributed by atoms with Crippen LogP contribution in [0.25, 0.3) is 0 Å². The Labute approximate surface area is 102 Å². The molecule has 2 aliphatic rings. The monoisotopic (exact) mass is 242 g/mol. The smallest absolute Gasteiger partial charge is 0.336 e. The first-order valence-electron chi connectivity index (χ1n) is 6.44. The highest BCUT2D eigenvalue weighted by Gasteiger charge is 2.37. The van der Waals surface area contributed by atoms with Crippen molar-refractivity contribution in [2.24, 2.45) is 0 Å². The average molecular weight is 242 g/mol. The summed E-state index contributed by atoms with van der Waals surface area (Å²) < 4.78 is 0. The second kappa shape index (κ2) is 4.92. The number of fused-ring (bicyclic) bond motifs is 1. The first-order chi connectivity index (χ1) is 8.00. The molecule has 2 fully saturated rings. The van der Waals surface area contributed by atoms with Gasteiger partial charge < -0.3 is 15.5 Å². The highest BCUT2D eigenvalue weighted by atomic mass is 16.4. The molecule has 0 spiro atoms. The van der Waals surface area contributed by atoms with Gasteiger partial charge in [-0.1, -0.05) is 6.42 Å². The van der Waals surface area contributed by atoms with Crippen LogP contribution < -0.4 is 5.32 Å². The Bertz CT molecular complexity index is 293. The van der Waals surface area contributed by atoms with Gasteiger partial charge in [-0.05, 0) is 32.7 Å². The summed E-state index contributed by atoms with van der Waals surface area (Å²) in [5.41, 5.74) is -1.66. The van der Waals surface area contributed by atoms with Gasteiger partial charge in [0.15, 0.2) is 5.60 Å². The van der Waals surface area contributed by atoms with Crippen LogP contribution in [0.3, 0.4) is 0 Å². The van der Waals surface area contributed by atoms with Crippen LogP contribution in [0.4, 0.5) is 0 Å². The van der Waals surface area contributed by atoms with Crippen LogP contribution in [0.1, 0.15) is 32.6 Å². The minimum absolute atomic E-state index is 0.122. The molecule has 0 aromatic rings. The molecule has 2 heterocycles. The SMILES string of the molecule is CC(O)(CNC1CCN2CCCCC12)C(=O)O. The second-order valence-corrected chi connectivity index (χ2v) is 5.45. The lowest BCUT2D eigenvalue weighted by molar-refractivity contribution is -0.156. The quantitative estimate of drug-likeness (QED) is 0.649. The minimum atomic E-state index is -1.66. The summed E-state index contributed by atoms with van der Waals surface area (Å²) in [4.78, 5) is 13.3. The highest BCUT2D eigenvalue weighted by molar-refractivity contribution is 5.76. The third kappa shape index (κ3) is 2.78. The van der Waals surface area contributed by atoms with Gasteiger partial charge in [0.2, 0.25) is 0 Å². The van der Waals surface area contributed by atoms with E-state index in [2.05, 4.69) is 10.2 Å². The Kier molecular flexibility index (Phi) is 3.70. The molecule has 2 saturated heterocycles. The van der Waals surface area contributed by atoms with E-state index >= 15 is 0 Å². The molecule has 3 atom stereocenters. The number of carboxylic acids is 1. The van der Waals surface area contributed by atoms with Gasteiger partial charge in [-0.15, -0.1) is 0 Å². The van der Waals surface area contributed by atoms with Gasteiger partial charge in [-0.3, -0.25) is 4.90 Å². The van der Waals surface area contributed by atoms with Gasteiger partial charge in [-0.25, -0.2) is 4.79 Å². The lowest BCUT2D eigenvalue weighted by Gasteiger charge is -2.33. The van der Waals surface area contributed by atoms with E-state index in [0.29, 0.717) is 12.1 Å². The molecule has 0 amide bonds. The third-order valence-corrected chi connectivity index (χ3v) is 4.03. The largest absolute Gasteiger partial charge is 0.479 e. The highest BCUT2D eigenvalue weighted by Crippen LogP contribution is 2.27. The molecule has 0 aliphatic carbocycles. The molecule has 5 heteroatoms. The number of aliphatic carboxylic acids is 1. The summed E-state index contributed by atoms with van der Waals surface area (Å²) in [6.45, 7) is 3.73. The van der Waals surface area contributed by atoms with Gasteiger partial charge in [0.05, 0.1) is 0 Å². The van der Waals surface area contributed by atoms with Crippen LogP contribution in [0.2, 0.25) is 0 Å². The molecule has 0 bridgehead atoms. The molecule has 5 nitrogen and oxygen atoms in total. The third-order valence-electron chi connectivity index (χ3n) is 4.03. The number of carboxylic acid groups (broad SMARTS) is 1. The van der Waals surface area contributed by atoms with Gasteiger partial charge in [0, 0.05) is 25.2 Å². The molecular formula is C12H22N2O3. The second-order valence-electron chi connectivity index (χ2n) is 5.45. The van der Waals surface area contributed by atoms with Crippen molar-refractivity contribution in [2.75, 3.05) is 19.6 Å². The summed E-state index contributed by atoms with van der Waals surface area (Å²) in [5, 5.41) is 21.7. The lowest BCUT2D eigenvalue weighted by Crippen LogP contribution is -2.51. The topological polar surface area (TPSA) is 72.8 Å². The van der Waals surface area contributed by atoms with Crippen LogP contribution in [0.15, 0.2) is 0 Å². The number of nitrogens with zero attached hydrogens (tertiary/aromatic N) is 1. The van der Waals surface area contributed by atoms with Crippen molar-refractivity contribution < 1.29 is 15.0 Å². The molecule has 17 heavy (non-hydrogen) atoms. The van der Waals surface area contributed by atoms with Crippen molar-refractivity contribution in [3.05, 3.63) is 0 Å². The number of hydrogen-bond acceptors (Lipinski definition) is 4. The van der Waals surface area contributed by atoms with Crippen LogP contribution >= 0.6 is 0 Å². The van der Waals surface area contributed by atoms with Crippen molar-refractivity contribution in [3.8, 4) is 0 Å². The molecule has 0 radical (unpaired) electrons. The number of rotatable bonds is 4. The van der Waals surface area contributed by atoms with E-state index in [4.69, 9.17) is 5.11 Å². The van der Waals surface area contributed by atoms with E-state index in [1.165, 1.54) is 26.2 Å². The summed E-state index contributed by atoms with van der Waals surface area (Å²) in [7, 11) is 0. The van der Waals surface area contributed by atoms with Gasteiger partial charge in [0.25, 0.3) is 0 Å². The Hall–Kier alpha value is -0.650. The van der Waals surface area contributed by atoms with E-state index in [0.717, 1.165) is 19.5 Å². The maximum absolute atomic E-state index is 10.8. The Balaban J connectivity index is 1.86. The Morgan fingerprint density at radius 1 is 1.41 bits per heavy atom. The lowest BCUT2D eigenvalue weighted by atomic mass is 9.98. The zero-order valence-electron chi connectivity index (χ0n) is 10.4. The molecule has 0 aromatic carbocycles. The van der Waals surface area contributed by atoms with Crippen molar-refractivity contribution >= 4 is 5.97 Å². The van der Waals surface area contributed by atoms with Crippen molar-refractivity contribution in [3.63, 3.8) is 0 Å². The average Bonchev–Trinajstić information content (AvgIpc) is 2.69. The zero-order valence-corrected chi connectivity index (χ0v) is 10.4. The van der Waals surface area contributed by atoms with E-state index < -0.39 is 11.6 Å². The molecule has 2 rings (SSSR count). The predicted octanol–water partition coefficient (Wildman–Crippen LogP) is 0.0384. The van der Waals surface area contributed by atoms with Crippen molar-refractivity contribution in [1.82, 2.24) is 10.2 Å². The number of nitrogens with one attached hydrogen (secondary N) is 1. The zero-order chi connectivity index (χ0) is 12.5. The molecule has 98 valence electrons. The normalized spacial score (nSPS) is 33.1. The van der Waals surface area contributed by atoms with Crippen molar-refractivity contribution in [1.29, 1.82) is 0 Å². The van der Waals surface area contributed by atoms with Crippen LogP contribution in [-0.4, -0.2) is 58.4 Å². The minimum Gasteiger partial charge on any atom is -0.479 e. The molecule has 0 aromatic heterocycles. The van der Waals surface area contributed by atoms with E-state index in [9.17, 15) is 9.90 Å². The number of carbonyl (C=O) groups is 1.